The van der Waals surface area contributed by atoms with Crippen molar-refractivity contribution in [1.82, 2.24) is 14.8 Å². The quantitative estimate of drug-likeness (QED) is 0.785. The Morgan fingerprint density at radius 1 is 1.00 bits per heavy atom. The van der Waals surface area contributed by atoms with E-state index in [4.69, 9.17) is 0 Å². The van der Waals surface area contributed by atoms with E-state index in [0.29, 0.717) is 13.0 Å². The van der Waals surface area contributed by atoms with E-state index in [1.165, 1.54) is 0 Å². The molecule has 0 bridgehead atoms. The number of benzene rings is 2. The highest BCUT2D eigenvalue weighted by Gasteiger charge is 2.10. The van der Waals surface area contributed by atoms with Gasteiger partial charge in [0.05, 0.1) is 6.54 Å². The van der Waals surface area contributed by atoms with Gasteiger partial charge in [-0.25, -0.2) is 4.68 Å². The van der Waals surface area contributed by atoms with Gasteiger partial charge in [0.2, 0.25) is 0 Å². The van der Waals surface area contributed by atoms with Gasteiger partial charge in [0.15, 0.2) is 0 Å². The van der Waals surface area contributed by atoms with Crippen LogP contribution in [0.15, 0.2) is 61.2 Å². The molecule has 0 aliphatic carbocycles. The molecular weight excluding hydrogens is 274 g/mol. The zero-order valence-corrected chi connectivity index (χ0v) is 12.2. The van der Waals surface area contributed by atoms with Gasteiger partial charge in [-0.1, -0.05) is 67.3 Å². The molecule has 0 saturated carbocycles. The summed E-state index contributed by atoms with van der Waals surface area (Å²) in [5, 5.41) is 13.7. The summed E-state index contributed by atoms with van der Waals surface area (Å²) >= 11 is 0. The number of rotatable bonds is 5. The number of aromatic hydroxyl groups is 1. The van der Waals surface area contributed by atoms with Crippen molar-refractivity contribution in [3.63, 3.8) is 0 Å². The molecule has 2 aromatic carbocycles. The standard InChI is InChI=1S/C18H17N3O/c1-2-14-8-10-16(11-9-14)13-21-17(19-18(22)20-21)12-15-6-4-3-5-7-15/h2-11H,1,12-13H2,(H,20,22). The van der Waals surface area contributed by atoms with Crippen molar-refractivity contribution < 1.29 is 5.11 Å². The summed E-state index contributed by atoms with van der Waals surface area (Å²) in [6.07, 6.45) is 2.45. The first-order valence-corrected chi connectivity index (χ1v) is 7.12. The highest BCUT2D eigenvalue weighted by atomic mass is 16.3. The summed E-state index contributed by atoms with van der Waals surface area (Å²) in [6.45, 7) is 4.32. The molecule has 110 valence electrons. The summed E-state index contributed by atoms with van der Waals surface area (Å²) in [4.78, 5) is 4.13. The molecule has 0 atom stereocenters. The second kappa shape index (κ2) is 6.26. The fraction of sp³-hybridized carbons (Fsp3) is 0.111. The lowest BCUT2D eigenvalue weighted by Crippen LogP contribution is -2.07. The van der Waals surface area contributed by atoms with Gasteiger partial charge in [0.1, 0.15) is 5.82 Å². The Morgan fingerprint density at radius 2 is 1.73 bits per heavy atom. The molecule has 0 saturated heterocycles. The van der Waals surface area contributed by atoms with Crippen LogP contribution >= 0.6 is 0 Å². The van der Waals surface area contributed by atoms with Gasteiger partial charge >= 0.3 is 6.01 Å². The van der Waals surface area contributed by atoms with Crippen molar-refractivity contribution in [2.24, 2.45) is 0 Å². The summed E-state index contributed by atoms with van der Waals surface area (Å²) in [5.41, 5.74) is 3.32. The van der Waals surface area contributed by atoms with Crippen molar-refractivity contribution in [3.05, 3.63) is 83.7 Å². The number of hydrogen-bond donors (Lipinski definition) is 1. The van der Waals surface area contributed by atoms with Crippen LogP contribution < -0.4 is 0 Å². The molecule has 0 radical (unpaired) electrons. The Morgan fingerprint density at radius 3 is 2.41 bits per heavy atom. The Kier molecular flexibility index (Phi) is 4.01. The van der Waals surface area contributed by atoms with Crippen LogP contribution in [-0.4, -0.2) is 19.9 Å². The molecule has 1 N–H and O–H groups in total. The van der Waals surface area contributed by atoms with Crippen LogP contribution in [-0.2, 0) is 13.0 Å². The van der Waals surface area contributed by atoms with Gasteiger partial charge in [-0.05, 0) is 16.7 Å². The van der Waals surface area contributed by atoms with E-state index in [1.54, 1.807) is 4.68 Å². The van der Waals surface area contributed by atoms with Crippen LogP contribution in [0, 0.1) is 0 Å². The van der Waals surface area contributed by atoms with Crippen molar-refractivity contribution in [3.8, 4) is 6.01 Å². The molecular formula is C18H17N3O. The Balaban J connectivity index is 1.82. The predicted molar refractivity (Wildman–Crippen MR) is 86.6 cm³/mol. The Labute approximate surface area is 129 Å². The molecule has 0 fully saturated rings. The number of nitrogens with zero attached hydrogens (tertiary/aromatic N) is 3. The molecule has 0 amide bonds. The van der Waals surface area contributed by atoms with Crippen LogP contribution in [0.25, 0.3) is 6.08 Å². The minimum atomic E-state index is -0.186. The first kappa shape index (κ1) is 14.1. The maximum absolute atomic E-state index is 9.62. The molecule has 3 rings (SSSR count). The summed E-state index contributed by atoms with van der Waals surface area (Å²) < 4.78 is 1.74. The van der Waals surface area contributed by atoms with E-state index in [0.717, 1.165) is 22.5 Å². The maximum atomic E-state index is 9.62. The average molecular weight is 291 g/mol. The van der Waals surface area contributed by atoms with Gasteiger partial charge < -0.3 is 5.11 Å². The molecule has 0 spiro atoms. The van der Waals surface area contributed by atoms with E-state index in [-0.39, 0.29) is 6.01 Å². The van der Waals surface area contributed by atoms with Crippen LogP contribution in [0.5, 0.6) is 6.01 Å². The molecule has 1 heterocycles. The topological polar surface area (TPSA) is 50.9 Å². The minimum absolute atomic E-state index is 0.186. The molecule has 22 heavy (non-hydrogen) atoms. The Hall–Kier alpha value is -2.88. The highest BCUT2D eigenvalue weighted by Crippen LogP contribution is 2.13. The fourth-order valence-corrected chi connectivity index (χ4v) is 2.33. The predicted octanol–water partition coefficient (Wildman–Crippen LogP) is 3.27. The van der Waals surface area contributed by atoms with Crippen molar-refractivity contribution in [1.29, 1.82) is 0 Å². The molecule has 4 nitrogen and oxygen atoms in total. The highest BCUT2D eigenvalue weighted by molar-refractivity contribution is 5.47. The normalized spacial score (nSPS) is 10.5. The van der Waals surface area contributed by atoms with E-state index in [9.17, 15) is 5.11 Å². The van der Waals surface area contributed by atoms with E-state index >= 15 is 0 Å². The smallest absolute Gasteiger partial charge is 0.333 e. The summed E-state index contributed by atoms with van der Waals surface area (Å²) in [6, 6.07) is 17.9. The zero-order valence-electron chi connectivity index (χ0n) is 12.2. The first-order chi connectivity index (χ1) is 10.7. The van der Waals surface area contributed by atoms with E-state index < -0.39 is 0 Å². The van der Waals surface area contributed by atoms with Gasteiger partial charge in [0.25, 0.3) is 0 Å². The van der Waals surface area contributed by atoms with Gasteiger partial charge in [0, 0.05) is 6.42 Å². The second-order valence-corrected chi connectivity index (χ2v) is 5.09. The minimum Gasteiger partial charge on any atom is -0.478 e. The first-order valence-electron chi connectivity index (χ1n) is 7.12. The third-order valence-electron chi connectivity index (χ3n) is 3.49. The summed E-state index contributed by atoms with van der Waals surface area (Å²) in [5.74, 6) is 0.747. The van der Waals surface area contributed by atoms with Crippen LogP contribution in [0.1, 0.15) is 22.5 Å². The lowest BCUT2D eigenvalue weighted by atomic mass is 10.1. The van der Waals surface area contributed by atoms with E-state index in [2.05, 4.69) is 16.7 Å². The van der Waals surface area contributed by atoms with Gasteiger partial charge in [-0.2, -0.15) is 4.98 Å². The average Bonchev–Trinajstić information content (AvgIpc) is 2.88. The van der Waals surface area contributed by atoms with Crippen molar-refractivity contribution >= 4 is 6.08 Å². The molecule has 1 aromatic heterocycles. The van der Waals surface area contributed by atoms with Crippen molar-refractivity contribution in [2.45, 2.75) is 13.0 Å². The van der Waals surface area contributed by atoms with Crippen LogP contribution in [0.2, 0.25) is 0 Å². The van der Waals surface area contributed by atoms with E-state index in [1.807, 2.05) is 60.7 Å². The van der Waals surface area contributed by atoms with Crippen LogP contribution in [0.4, 0.5) is 0 Å². The van der Waals surface area contributed by atoms with Crippen LogP contribution in [0.3, 0.4) is 0 Å². The van der Waals surface area contributed by atoms with Crippen molar-refractivity contribution in [2.75, 3.05) is 0 Å². The summed E-state index contributed by atoms with van der Waals surface area (Å²) in [7, 11) is 0. The SMILES string of the molecule is C=Cc1ccc(Cn2nc(O)nc2Cc2ccccc2)cc1. The third-order valence-corrected chi connectivity index (χ3v) is 3.49. The molecule has 3 aromatic rings. The van der Waals surface area contributed by atoms with Gasteiger partial charge in [-0.3, -0.25) is 0 Å². The Bertz CT molecular complexity index is 761. The largest absolute Gasteiger partial charge is 0.478 e. The molecule has 4 heteroatoms. The fourth-order valence-electron chi connectivity index (χ4n) is 2.33. The molecule has 0 unspecified atom stereocenters. The number of aromatic nitrogens is 3. The molecule has 0 aliphatic heterocycles. The third kappa shape index (κ3) is 3.23. The van der Waals surface area contributed by atoms with Gasteiger partial charge in [-0.15, -0.1) is 5.10 Å². The maximum Gasteiger partial charge on any atom is 0.333 e. The molecule has 0 aliphatic rings. The number of hydrogen-bond acceptors (Lipinski definition) is 3. The zero-order chi connectivity index (χ0) is 15.4. The second-order valence-electron chi connectivity index (χ2n) is 5.09. The lowest BCUT2D eigenvalue weighted by molar-refractivity contribution is 0.425. The lowest BCUT2D eigenvalue weighted by Gasteiger charge is -2.06. The monoisotopic (exact) mass is 291 g/mol.